The zero-order valence-corrected chi connectivity index (χ0v) is 17.1. The van der Waals surface area contributed by atoms with E-state index >= 15 is 0 Å². The van der Waals surface area contributed by atoms with Crippen molar-refractivity contribution in [1.82, 2.24) is 15.0 Å². The number of nitrogens with zero attached hydrogens (tertiary/aromatic N) is 3. The molecule has 29 heavy (non-hydrogen) atoms. The highest BCUT2D eigenvalue weighted by molar-refractivity contribution is 6.09. The number of rotatable bonds is 7. The fourth-order valence-corrected chi connectivity index (χ4v) is 3.91. The highest BCUT2D eigenvalue weighted by atomic mass is 16.5. The largest absolute Gasteiger partial charge is 0.336 e. The third-order valence-corrected chi connectivity index (χ3v) is 5.94. The van der Waals surface area contributed by atoms with Crippen molar-refractivity contribution in [2.75, 3.05) is 6.54 Å². The van der Waals surface area contributed by atoms with Gasteiger partial charge in [0.2, 0.25) is 0 Å². The van der Waals surface area contributed by atoms with E-state index < -0.39 is 0 Å². The van der Waals surface area contributed by atoms with Crippen LogP contribution in [-0.4, -0.2) is 33.5 Å². The first-order chi connectivity index (χ1) is 14.1. The van der Waals surface area contributed by atoms with Crippen molar-refractivity contribution in [3.05, 3.63) is 47.7 Å². The van der Waals surface area contributed by atoms with Crippen LogP contribution in [0.5, 0.6) is 0 Å². The zero-order valence-electron chi connectivity index (χ0n) is 17.1. The topological polar surface area (TPSA) is 59.2 Å². The molecule has 2 aliphatic rings. The maximum atomic E-state index is 13.8. The average molecular weight is 389 g/mol. The summed E-state index contributed by atoms with van der Waals surface area (Å²) in [5.41, 5.74) is 3.81. The second kappa shape index (κ2) is 7.29. The lowest BCUT2D eigenvalue weighted by atomic mass is 10.0. The smallest absolute Gasteiger partial charge is 0.259 e. The van der Waals surface area contributed by atoms with Crippen molar-refractivity contribution < 1.29 is 9.32 Å². The summed E-state index contributed by atoms with van der Waals surface area (Å²) >= 11 is 0. The van der Waals surface area contributed by atoms with Crippen LogP contribution < -0.4 is 0 Å². The summed E-state index contributed by atoms with van der Waals surface area (Å²) < 4.78 is 5.64. The fraction of sp³-hybridized carbons (Fsp3) is 0.458. The van der Waals surface area contributed by atoms with Gasteiger partial charge in [-0.1, -0.05) is 49.3 Å². The Morgan fingerprint density at radius 3 is 2.59 bits per heavy atom. The summed E-state index contributed by atoms with van der Waals surface area (Å²) in [4.78, 5) is 20.6. The standard InChI is InChI=1S/C24H27N3O2/c1-15(2)12-13-27(18-10-11-18)24(28)19-14-20(16-8-9-16)25-23-21(19)22(26-29-23)17-6-4-3-5-7-17/h3-7,14-16,18H,8-13H2,1-2H3. The predicted octanol–water partition coefficient (Wildman–Crippen LogP) is 5.42. The maximum Gasteiger partial charge on any atom is 0.259 e. The number of fused-ring (bicyclic) bond motifs is 1. The number of pyridine rings is 1. The van der Waals surface area contributed by atoms with Gasteiger partial charge in [0.25, 0.3) is 11.6 Å². The molecule has 2 fully saturated rings. The van der Waals surface area contributed by atoms with Crippen LogP contribution >= 0.6 is 0 Å². The molecule has 0 N–H and O–H groups in total. The normalized spacial score (nSPS) is 16.5. The average Bonchev–Trinajstić information content (AvgIpc) is 3.65. The van der Waals surface area contributed by atoms with E-state index in [1.807, 2.05) is 36.4 Å². The maximum absolute atomic E-state index is 13.8. The number of aromatic nitrogens is 2. The molecule has 0 spiro atoms. The molecular weight excluding hydrogens is 362 g/mol. The molecule has 0 bridgehead atoms. The number of hydrogen-bond donors (Lipinski definition) is 0. The molecule has 2 aromatic heterocycles. The van der Waals surface area contributed by atoms with Crippen LogP contribution in [0.3, 0.4) is 0 Å². The molecule has 3 aromatic rings. The first kappa shape index (κ1) is 18.3. The molecule has 1 amide bonds. The second-order valence-corrected chi connectivity index (χ2v) is 8.86. The molecule has 2 heterocycles. The van der Waals surface area contributed by atoms with Crippen LogP contribution in [0.1, 0.15) is 67.9 Å². The third-order valence-electron chi connectivity index (χ3n) is 5.94. The van der Waals surface area contributed by atoms with Crippen molar-refractivity contribution in [2.24, 2.45) is 5.92 Å². The molecule has 0 saturated heterocycles. The van der Waals surface area contributed by atoms with Crippen molar-refractivity contribution >= 4 is 17.0 Å². The molecule has 1 aromatic carbocycles. The lowest BCUT2D eigenvalue weighted by Gasteiger charge is -2.24. The lowest BCUT2D eigenvalue weighted by molar-refractivity contribution is 0.0737. The minimum atomic E-state index is 0.0998. The Balaban J connectivity index is 1.62. The monoisotopic (exact) mass is 389 g/mol. The van der Waals surface area contributed by atoms with Crippen molar-refractivity contribution in [2.45, 2.75) is 57.9 Å². The molecule has 5 heteroatoms. The molecule has 5 rings (SSSR count). The van der Waals surface area contributed by atoms with E-state index in [0.717, 1.165) is 55.3 Å². The molecule has 150 valence electrons. The minimum absolute atomic E-state index is 0.0998. The van der Waals surface area contributed by atoms with Crippen LogP contribution in [0.25, 0.3) is 22.4 Å². The summed E-state index contributed by atoms with van der Waals surface area (Å²) in [6, 6.07) is 12.3. The molecular formula is C24H27N3O2. The number of hydrogen-bond acceptors (Lipinski definition) is 4. The summed E-state index contributed by atoms with van der Waals surface area (Å²) in [6.45, 7) is 5.22. The van der Waals surface area contributed by atoms with Gasteiger partial charge in [-0.25, -0.2) is 4.98 Å². The van der Waals surface area contributed by atoms with Gasteiger partial charge in [0.05, 0.1) is 10.9 Å². The summed E-state index contributed by atoms with van der Waals surface area (Å²) in [5.74, 6) is 1.11. The Hall–Kier alpha value is -2.69. The quantitative estimate of drug-likeness (QED) is 0.541. The van der Waals surface area contributed by atoms with Crippen LogP contribution in [0.2, 0.25) is 0 Å². The molecule has 0 aliphatic heterocycles. The van der Waals surface area contributed by atoms with Gasteiger partial charge < -0.3 is 9.42 Å². The zero-order chi connectivity index (χ0) is 20.0. The predicted molar refractivity (Wildman–Crippen MR) is 113 cm³/mol. The van der Waals surface area contributed by atoms with E-state index in [0.29, 0.717) is 34.8 Å². The molecule has 0 atom stereocenters. The van der Waals surface area contributed by atoms with Crippen LogP contribution in [-0.2, 0) is 0 Å². The summed E-state index contributed by atoms with van der Waals surface area (Å²) in [6.07, 6.45) is 5.48. The van der Waals surface area contributed by atoms with E-state index in [4.69, 9.17) is 9.51 Å². The first-order valence-electron chi connectivity index (χ1n) is 10.8. The van der Waals surface area contributed by atoms with Gasteiger partial charge in [-0.3, -0.25) is 4.79 Å². The van der Waals surface area contributed by atoms with Gasteiger partial charge in [0, 0.05) is 29.8 Å². The Kier molecular flexibility index (Phi) is 4.61. The lowest BCUT2D eigenvalue weighted by Crippen LogP contribution is -2.34. The van der Waals surface area contributed by atoms with E-state index in [1.54, 1.807) is 0 Å². The fourth-order valence-electron chi connectivity index (χ4n) is 3.91. The highest BCUT2D eigenvalue weighted by Crippen LogP contribution is 2.42. The summed E-state index contributed by atoms with van der Waals surface area (Å²) in [5, 5.41) is 5.07. The Morgan fingerprint density at radius 2 is 1.93 bits per heavy atom. The number of amides is 1. The van der Waals surface area contributed by atoms with Gasteiger partial charge in [0.1, 0.15) is 5.69 Å². The molecule has 0 radical (unpaired) electrons. The SMILES string of the molecule is CC(C)CCN(C(=O)c1cc(C2CC2)nc2onc(-c3ccccc3)c12)C1CC1. The molecule has 2 aliphatic carbocycles. The van der Waals surface area contributed by atoms with E-state index in [1.165, 1.54) is 0 Å². The summed E-state index contributed by atoms with van der Waals surface area (Å²) in [7, 11) is 0. The highest BCUT2D eigenvalue weighted by Gasteiger charge is 2.36. The molecule has 0 unspecified atom stereocenters. The van der Waals surface area contributed by atoms with Gasteiger partial charge >= 0.3 is 0 Å². The van der Waals surface area contributed by atoms with Gasteiger partial charge in [-0.15, -0.1) is 0 Å². The van der Waals surface area contributed by atoms with Crippen molar-refractivity contribution in [3.8, 4) is 11.3 Å². The van der Waals surface area contributed by atoms with E-state index in [-0.39, 0.29) is 5.91 Å². The van der Waals surface area contributed by atoms with Crippen LogP contribution in [0.15, 0.2) is 40.9 Å². The number of carbonyl (C=O) groups is 1. The minimum Gasteiger partial charge on any atom is -0.336 e. The van der Waals surface area contributed by atoms with E-state index in [2.05, 4.69) is 23.9 Å². The second-order valence-electron chi connectivity index (χ2n) is 8.86. The van der Waals surface area contributed by atoms with Crippen LogP contribution in [0.4, 0.5) is 0 Å². The first-order valence-corrected chi connectivity index (χ1v) is 10.8. The Labute approximate surface area is 171 Å². The van der Waals surface area contributed by atoms with Gasteiger partial charge in [0.15, 0.2) is 0 Å². The number of carbonyl (C=O) groups excluding carboxylic acids is 1. The van der Waals surface area contributed by atoms with Crippen LogP contribution in [0, 0.1) is 5.92 Å². The number of benzene rings is 1. The molecule has 5 nitrogen and oxygen atoms in total. The van der Waals surface area contributed by atoms with Crippen molar-refractivity contribution in [3.63, 3.8) is 0 Å². The third kappa shape index (κ3) is 3.66. The Morgan fingerprint density at radius 1 is 1.17 bits per heavy atom. The van der Waals surface area contributed by atoms with Crippen molar-refractivity contribution in [1.29, 1.82) is 0 Å². The molecule has 2 saturated carbocycles. The van der Waals surface area contributed by atoms with E-state index in [9.17, 15) is 4.79 Å². The van der Waals surface area contributed by atoms with Gasteiger partial charge in [-0.05, 0) is 44.1 Å². The Bertz CT molecular complexity index is 1030. The van der Waals surface area contributed by atoms with Gasteiger partial charge in [-0.2, -0.15) is 0 Å².